The molecule has 0 atom stereocenters. The lowest BCUT2D eigenvalue weighted by Crippen LogP contribution is -2.27. The molecule has 1 aromatic carbocycles. The number of carbonyl (C=O) groups excluding carboxylic acids is 2. The molecule has 0 spiro atoms. The molecule has 0 bridgehead atoms. The van der Waals surface area contributed by atoms with Crippen LogP contribution in [0.1, 0.15) is 45.1 Å². The van der Waals surface area contributed by atoms with Crippen LogP contribution in [0.4, 0.5) is 10.5 Å². The molecule has 0 aromatic heterocycles. The molecule has 19 heavy (non-hydrogen) atoms. The maximum Gasteiger partial charge on any atom is 0.412 e. The summed E-state index contributed by atoms with van der Waals surface area (Å²) < 4.78 is 5.20. The summed E-state index contributed by atoms with van der Waals surface area (Å²) in [5.41, 5.74) is 1.28. The minimum absolute atomic E-state index is 0.299. The van der Waals surface area contributed by atoms with Crippen LogP contribution in [0.2, 0.25) is 0 Å². The Labute approximate surface area is 113 Å². The molecule has 1 amide bonds. The Hall–Kier alpha value is -1.84. The van der Waals surface area contributed by atoms with Crippen LogP contribution >= 0.6 is 0 Å². The van der Waals surface area contributed by atoms with E-state index in [-0.39, 0.29) is 0 Å². The van der Waals surface area contributed by atoms with Crippen LogP contribution in [0.5, 0.6) is 0 Å². The molecule has 0 radical (unpaired) electrons. The maximum atomic E-state index is 11.7. The van der Waals surface area contributed by atoms with E-state index in [0.29, 0.717) is 30.2 Å². The van der Waals surface area contributed by atoms with E-state index in [1.807, 2.05) is 45.0 Å². The van der Waals surface area contributed by atoms with Crippen molar-refractivity contribution in [3.63, 3.8) is 0 Å². The fraction of sp³-hybridized carbons (Fsp3) is 0.467. The molecule has 0 heterocycles. The van der Waals surface area contributed by atoms with E-state index in [1.54, 1.807) is 0 Å². The van der Waals surface area contributed by atoms with Crippen LogP contribution in [-0.2, 0) is 9.53 Å². The van der Waals surface area contributed by atoms with Crippen LogP contribution in [-0.4, -0.2) is 17.5 Å². The monoisotopic (exact) mass is 261 g/mol. The van der Waals surface area contributed by atoms with Gasteiger partial charge < -0.3 is 4.74 Å². The number of benzene rings is 1. The molecule has 0 aliphatic heterocycles. The number of hydrogen-bond acceptors (Lipinski definition) is 3. The maximum absolute atomic E-state index is 11.7. The van der Waals surface area contributed by atoms with Gasteiger partial charge in [-0.1, -0.05) is 12.1 Å². The van der Waals surface area contributed by atoms with Gasteiger partial charge in [-0.05, 0) is 44.4 Å². The summed E-state index contributed by atoms with van der Waals surface area (Å²) in [6, 6.07) is 7.58. The second kappa shape index (κ2) is 5.03. The van der Waals surface area contributed by atoms with Crippen molar-refractivity contribution in [2.75, 3.05) is 5.32 Å². The number of amides is 1. The van der Waals surface area contributed by atoms with Crippen molar-refractivity contribution in [3.05, 3.63) is 29.8 Å². The Morgan fingerprint density at radius 2 is 2.00 bits per heavy atom. The number of nitrogens with one attached hydrogen (secondary N) is 1. The average Bonchev–Trinajstić information content (AvgIpc) is 2.22. The predicted octanol–water partition coefficient (Wildman–Crippen LogP) is 3.48. The summed E-state index contributed by atoms with van der Waals surface area (Å²) in [5.74, 6) is 0.600. The molecular formula is C15H19NO3. The topological polar surface area (TPSA) is 55.4 Å². The van der Waals surface area contributed by atoms with E-state index in [2.05, 4.69) is 5.32 Å². The van der Waals surface area contributed by atoms with Crippen molar-refractivity contribution >= 4 is 17.6 Å². The Morgan fingerprint density at radius 3 is 2.58 bits per heavy atom. The Bertz CT molecular complexity index is 494. The van der Waals surface area contributed by atoms with Gasteiger partial charge in [0.05, 0.1) is 0 Å². The van der Waals surface area contributed by atoms with Crippen molar-refractivity contribution in [2.45, 2.75) is 45.1 Å². The van der Waals surface area contributed by atoms with Gasteiger partial charge in [0.2, 0.25) is 0 Å². The first-order valence-corrected chi connectivity index (χ1v) is 6.45. The third kappa shape index (κ3) is 3.81. The SMILES string of the molecule is CC(C)(C)OC(=O)Nc1cccc(C2CC(=O)C2)c1. The molecule has 1 aliphatic carbocycles. The van der Waals surface area contributed by atoms with Crippen molar-refractivity contribution < 1.29 is 14.3 Å². The minimum atomic E-state index is -0.512. The molecule has 1 N–H and O–H groups in total. The van der Waals surface area contributed by atoms with Crippen molar-refractivity contribution in [2.24, 2.45) is 0 Å². The zero-order valence-corrected chi connectivity index (χ0v) is 11.5. The number of carbonyl (C=O) groups is 2. The molecule has 102 valence electrons. The van der Waals surface area contributed by atoms with Gasteiger partial charge in [-0.15, -0.1) is 0 Å². The normalized spacial score (nSPS) is 15.8. The zero-order valence-electron chi connectivity index (χ0n) is 11.5. The number of anilines is 1. The lowest BCUT2D eigenvalue weighted by molar-refractivity contribution is -0.124. The molecule has 1 fully saturated rings. The van der Waals surface area contributed by atoms with Gasteiger partial charge in [0.25, 0.3) is 0 Å². The zero-order chi connectivity index (χ0) is 14.0. The van der Waals surface area contributed by atoms with E-state index in [1.165, 1.54) is 0 Å². The van der Waals surface area contributed by atoms with E-state index in [0.717, 1.165) is 5.56 Å². The third-order valence-electron chi connectivity index (χ3n) is 2.95. The van der Waals surface area contributed by atoms with Crippen LogP contribution in [0, 0.1) is 0 Å². The fourth-order valence-electron chi connectivity index (χ4n) is 2.02. The summed E-state index contributed by atoms with van der Waals surface area (Å²) in [6.45, 7) is 5.47. The van der Waals surface area contributed by atoms with E-state index < -0.39 is 11.7 Å². The Morgan fingerprint density at radius 1 is 1.32 bits per heavy atom. The van der Waals surface area contributed by atoms with Gasteiger partial charge in [-0.3, -0.25) is 10.1 Å². The first kappa shape index (κ1) is 13.6. The number of Topliss-reactive ketones (excluding diaryl/α,β-unsaturated/α-hetero) is 1. The smallest absolute Gasteiger partial charge is 0.412 e. The number of ether oxygens (including phenoxy) is 1. The summed E-state index contributed by atoms with van der Waals surface area (Å²) in [5, 5.41) is 2.71. The summed E-state index contributed by atoms with van der Waals surface area (Å²) in [7, 11) is 0. The van der Waals surface area contributed by atoms with Gasteiger partial charge in [0, 0.05) is 18.5 Å². The van der Waals surface area contributed by atoms with Gasteiger partial charge >= 0.3 is 6.09 Å². The standard InChI is InChI=1S/C15H19NO3/c1-15(2,3)19-14(18)16-12-6-4-5-10(7-12)11-8-13(17)9-11/h4-7,11H,8-9H2,1-3H3,(H,16,18). The second-order valence-corrected chi connectivity index (χ2v) is 5.90. The minimum Gasteiger partial charge on any atom is -0.444 e. The molecule has 0 saturated heterocycles. The largest absolute Gasteiger partial charge is 0.444 e. The lowest BCUT2D eigenvalue weighted by Gasteiger charge is -2.25. The number of rotatable bonds is 2. The van der Waals surface area contributed by atoms with E-state index in [9.17, 15) is 9.59 Å². The fourth-order valence-corrected chi connectivity index (χ4v) is 2.02. The highest BCUT2D eigenvalue weighted by Crippen LogP contribution is 2.34. The molecule has 4 heteroatoms. The number of ketones is 1. The molecule has 1 saturated carbocycles. The van der Waals surface area contributed by atoms with Gasteiger partial charge in [0.1, 0.15) is 11.4 Å². The molecular weight excluding hydrogens is 242 g/mol. The lowest BCUT2D eigenvalue weighted by atomic mass is 9.79. The van der Waals surface area contributed by atoms with Crippen LogP contribution in [0.15, 0.2) is 24.3 Å². The predicted molar refractivity (Wildman–Crippen MR) is 73.3 cm³/mol. The summed E-state index contributed by atoms with van der Waals surface area (Å²) in [6.07, 6.45) is 0.750. The van der Waals surface area contributed by atoms with Crippen LogP contribution < -0.4 is 5.32 Å². The van der Waals surface area contributed by atoms with Crippen molar-refractivity contribution in [1.82, 2.24) is 0 Å². The molecule has 2 rings (SSSR count). The average molecular weight is 261 g/mol. The van der Waals surface area contributed by atoms with Crippen LogP contribution in [0.3, 0.4) is 0 Å². The first-order valence-electron chi connectivity index (χ1n) is 6.45. The molecule has 4 nitrogen and oxygen atoms in total. The molecule has 1 aromatic rings. The third-order valence-corrected chi connectivity index (χ3v) is 2.95. The Balaban J connectivity index is 1.99. The summed E-state index contributed by atoms with van der Waals surface area (Å²) >= 11 is 0. The van der Waals surface area contributed by atoms with Crippen LogP contribution in [0.25, 0.3) is 0 Å². The quantitative estimate of drug-likeness (QED) is 0.886. The van der Waals surface area contributed by atoms with E-state index >= 15 is 0 Å². The highest BCUT2D eigenvalue weighted by molar-refractivity contribution is 5.87. The second-order valence-electron chi connectivity index (χ2n) is 5.90. The van der Waals surface area contributed by atoms with Gasteiger partial charge in [-0.25, -0.2) is 4.79 Å². The van der Waals surface area contributed by atoms with E-state index in [4.69, 9.17) is 4.74 Å². The summed E-state index contributed by atoms with van der Waals surface area (Å²) in [4.78, 5) is 22.7. The highest BCUT2D eigenvalue weighted by Gasteiger charge is 2.28. The van der Waals surface area contributed by atoms with Gasteiger partial charge in [-0.2, -0.15) is 0 Å². The Kier molecular flexibility index (Phi) is 3.60. The molecule has 1 aliphatic rings. The van der Waals surface area contributed by atoms with Gasteiger partial charge in [0.15, 0.2) is 0 Å². The molecule has 0 unspecified atom stereocenters. The first-order chi connectivity index (χ1) is 8.83. The highest BCUT2D eigenvalue weighted by atomic mass is 16.6. The van der Waals surface area contributed by atoms with Crippen molar-refractivity contribution in [3.8, 4) is 0 Å². The number of hydrogen-bond donors (Lipinski definition) is 1. The van der Waals surface area contributed by atoms with Crippen molar-refractivity contribution in [1.29, 1.82) is 0 Å².